The maximum absolute atomic E-state index is 12.1. The number of aromatic nitrogens is 2. The molecule has 2 amide bonds. The Labute approximate surface area is 159 Å². The van der Waals surface area contributed by atoms with Gasteiger partial charge < -0.3 is 15.1 Å². The predicted molar refractivity (Wildman–Crippen MR) is 102 cm³/mol. The highest BCUT2D eigenvalue weighted by atomic mass is 32.1. The van der Waals surface area contributed by atoms with E-state index in [0.717, 1.165) is 24.1 Å². The van der Waals surface area contributed by atoms with Crippen LogP contribution in [-0.4, -0.2) is 22.0 Å². The number of carbonyl (C=O) groups is 2. The lowest BCUT2D eigenvalue weighted by Gasteiger charge is -2.07. The Morgan fingerprint density at radius 3 is 2.48 bits per heavy atom. The lowest BCUT2D eigenvalue weighted by Crippen LogP contribution is -2.14. The smallest absolute Gasteiger partial charge is 0.248 e. The van der Waals surface area contributed by atoms with E-state index in [1.807, 2.05) is 16.8 Å². The Balaban J connectivity index is 1.26. The van der Waals surface area contributed by atoms with Gasteiger partial charge in [-0.2, -0.15) is 11.3 Å². The van der Waals surface area contributed by atoms with Crippen molar-refractivity contribution in [2.45, 2.75) is 25.7 Å². The highest BCUT2D eigenvalue weighted by Crippen LogP contribution is 2.30. The van der Waals surface area contributed by atoms with Crippen LogP contribution in [0, 0.1) is 5.92 Å². The van der Waals surface area contributed by atoms with Gasteiger partial charge in [0.05, 0.1) is 0 Å². The first-order chi connectivity index (χ1) is 13.2. The van der Waals surface area contributed by atoms with E-state index in [4.69, 9.17) is 4.42 Å². The number of benzene rings is 1. The summed E-state index contributed by atoms with van der Waals surface area (Å²) in [6, 6.07) is 9.00. The zero-order chi connectivity index (χ0) is 18.6. The normalized spacial score (nSPS) is 13.3. The summed E-state index contributed by atoms with van der Waals surface area (Å²) in [5, 5.41) is 17.5. The van der Waals surface area contributed by atoms with E-state index in [-0.39, 0.29) is 24.2 Å². The standard InChI is InChI=1S/C19H18N4O3S/c24-16(7-8-17-22-23-19(26-17)13-9-10-27-11-13)20-14-3-5-15(6-4-14)21-18(25)12-1-2-12/h3-6,9-12H,1-2,7-8H2,(H,20,24)(H,21,25). The molecule has 0 bridgehead atoms. The number of rotatable bonds is 7. The third-order valence-corrected chi connectivity index (χ3v) is 4.87. The molecule has 1 fully saturated rings. The molecule has 2 N–H and O–H groups in total. The Morgan fingerprint density at radius 2 is 1.81 bits per heavy atom. The molecule has 0 spiro atoms. The van der Waals surface area contributed by atoms with E-state index in [1.54, 1.807) is 35.6 Å². The summed E-state index contributed by atoms with van der Waals surface area (Å²) >= 11 is 1.56. The van der Waals surface area contributed by atoms with E-state index >= 15 is 0 Å². The zero-order valence-corrected chi connectivity index (χ0v) is 15.3. The van der Waals surface area contributed by atoms with Gasteiger partial charge in [-0.1, -0.05) is 0 Å². The molecule has 27 heavy (non-hydrogen) atoms. The van der Waals surface area contributed by atoms with Crippen molar-refractivity contribution in [1.82, 2.24) is 10.2 Å². The van der Waals surface area contributed by atoms with E-state index in [0.29, 0.717) is 23.9 Å². The number of nitrogens with zero attached hydrogens (tertiary/aromatic N) is 2. The molecule has 8 heteroatoms. The van der Waals surface area contributed by atoms with Gasteiger partial charge >= 0.3 is 0 Å². The first-order valence-electron chi connectivity index (χ1n) is 8.73. The topological polar surface area (TPSA) is 97.1 Å². The lowest BCUT2D eigenvalue weighted by molar-refractivity contribution is -0.117. The van der Waals surface area contributed by atoms with Crippen molar-refractivity contribution in [3.05, 3.63) is 47.0 Å². The molecular formula is C19H18N4O3S. The van der Waals surface area contributed by atoms with Crippen LogP contribution in [0.25, 0.3) is 11.5 Å². The Kier molecular flexibility index (Phi) is 4.97. The molecule has 1 aliphatic carbocycles. The number of hydrogen-bond donors (Lipinski definition) is 2. The second-order valence-corrected chi connectivity index (χ2v) is 7.18. The second-order valence-electron chi connectivity index (χ2n) is 6.40. The maximum Gasteiger partial charge on any atom is 0.248 e. The highest BCUT2D eigenvalue weighted by molar-refractivity contribution is 7.08. The molecule has 0 radical (unpaired) electrons. The summed E-state index contributed by atoms with van der Waals surface area (Å²) < 4.78 is 5.57. The summed E-state index contributed by atoms with van der Waals surface area (Å²) in [6.07, 6.45) is 2.55. The van der Waals surface area contributed by atoms with Crippen LogP contribution in [-0.2, 0) is 16.0 Å². The van der Waals surface area contributed by atoms with Gasteiger partial charge in [0.25, 0.3) is 0 Å². The minimum Gasteiger partial charge on any atom is -0.421 e. The number of nitrogens with one attached hydrogen (secondary N) is 2. The minimum atomic E-state index is -0.139. The molecule has 0 aliphatic heterocycles. The number of anilines is 2. The van der Waals surface area contributed by atoms with Gasteiger partial charge in [0.15, 0.2) is 0 Å². The molecule has 138 valence electrons. The van der Waals surface area contributed by atoms with E-state index in [1.165, 1.54) is 0 Å². The molecule has 0 unspecified atom stereocenters. The van der Waals surface area contributed by atoms with Crippen LogP contribution in [0.4, 0.5) is 11.4 Å². The molecule has 0 saturated heterocycles. The molecule has 2 heterocycles. The quantitative estimate of drug-likeness (QED) is 0.649. The van der Waals surface area contributed by atoms with E-state index in [9.17, 15) is 9.59 Å². The van der Waals surface area contributed by atoms with Gasteiger partial charge in [0.1, 0.15) is 0 Å². The number of hydrogen-bond acceptors (Lipinski definition) is 6. The number of amides is 2. The third kappa shape index (κ3) is 4.59. The van der Waals surface area contributed by atoms with Crippen LogP contribution >= 0.6 is 11.3 Å². The minimum absolute atomic E-state index is 0.0631. The van der Waals surface area contributed by atoms with Gasteiger partial charge in [0, 0.05) is 41.1 Å². The summed E-state index contributed by atoms with van der Waals surface area (Å²) in [6.45, 7) is 0. The van der Waals surface area contributed by atoms with E-state index < -0.39 is 0 Å². The fourth-order valence-corrected chi connectivity index (χ4v) is 3.16. The van der Waals surface area contributed by atoms with Gasteiger partial charge in [-0.25, -0.2) is 0 Å². The summed E-state index contributed by atoms with van der Waals surface area (Å²) in [5.41, 5.74) is 2.29. The molecule has 1 aromatic carbocycles. The van der Waals surface area contributed by atoms with Crippen molar-refractivity contribution in [3.63, 3.8) is 0 Å². The third-order valence-electron chi connectivity index (χ3n) is 4.19. The molecule has 1 aliphatic rings. The van der Waals surface area contributed by atoms with Gasteiger partial charge in [-0.15, -0.1) is 10.2 Å². The Hall–Kier alpha value is -3.00. The van der Waals surface area contributed by atoms with Gasteiger partial charge in [-0.3, -0.25) is 9.59 Å². The maximum atomic E-state index is 12.1. The largest absolute Gasteiger partial charge is 0.421 e. The molecule has 0 atom stereocenters. The van der Waals surface area contributed by atoms with Crippen molar-refractivity contribution in [1.29, 1.82) is 0 Å². The molecule has 3 aromatic rings. The van der Waals surface area contributed by atoms with Crippen molar-refractivity contribution in [2.75, 3.05) is 10.6 Å². The number of carbonyl (C=O) groups excluding carboxylic acids is 2. The number of aryl methyl sites for hydroxylation is 1. The van der Waals surface area contributed by atoms with Crippen molar-refractivity contribution in [2.24, 2.45) is 5.92 Å². The molecule has 7 nitrogen and oxygen atoms in total. The van der Waals surface area contributed by atoms with Crippen LogP contribution in [0.15, 0.2) is 45.5 Å². The Morgan fingerprint density at radius 1 is 1.07 bits per heavy atom. The lowest BCUT2D eigenvalue weighted by atomic mass is 10.2. The first kappa shape index (κ1) is 17.4. The monoisotopic (exact) mass is 382 g/mol. The van der Waals surface area contributed by atoms with Crippen molar-refractivity contribution in [3.8, 4) is 11.5 Å². The van der Waals surface area contributed by atoms with Crippen LogP contribution in [0.3, 0.4) is 0 Å². The fraction of sp³-hybridized carbons (Fsp3) is 0.263. The van der Waals surface area contributed by atoms with Crippen molar-refractivity contribution >= 4 is 34.5 Å². The van der Waals surface area contributed by atoms with Gasteiger partial charge in [-0.05, 0) is 48.6 Å². The average molecular weight is 382 g/mol. The Bertz CT molecular complexity index is 930. The zero-order valence-electron chi connectivity index (χ0n) is 14.5. The van der Waals surface area contributed by atoms with E-state index in [2.05, 4.69) is 20.8 Å². The van der Waals surface area contributed by atoms with Crippen LogP contribution in [0.2, 0.25) is 0 Å². The van der Waals surface area contributed by atoms with Crippen LogP contribution in [0.1, 0.15) is 25.2 Å². The summed E-state index contributed by atoms with van der Waals surface area (Å²) in [5.74, 6) is 0.988. The SMILES string of the molecule is O=C(CCc1nnc(-c2ccsc2)o1)Nc1ccc(NC(=O)C2CC2)cc1. The van der Waals surface area contributed by atoms with Crippen LogP contribution < -0.4 is 10.6 Å². The molecule has 1 saturated carbocycles. The van der Waals surface area contributed by atoms with Crippen LogP contribution in [0.5, 0.6) is 0 Å². The summed E-state index contributed by atoms with van der Waals surface area (Å²) in [7, 11) is 0. The van der Waals surface area contributed by atoms with Gasteiger partial charge in [0.2, 0.25) is 23.6 Å². The highest BCUT2D eigenvalue weighted by Gasteiger charge is 2.29. The first-order valence-corrected chi connectivity index (χ1v) is 9.67. The predicted octanol–water partition coefficient (Wildman–Crippen LogP) is 3.72. The molecular weight excluding hydrogens is 364 g/mol. The average Bonchev–Trinajstić information content (AvgIpc) is 3.17. The number of thiophene rings is 1. The summed E-state index contributed by atoms with van der Waals surface area (Å²) in [4.78, 5) is 23.8. The second kappa shape index (κ2) is 7.71. The molecule has 2 aromatic heterocycles. The van der Waals surface area contributed by atoms with Crippen molar-refractivity contribution < 1.29 is 14.0 Å². The molecule has 4 rings (SSSR count). The fourth-order valence-electron chi connectivity index (χ4n) is 2.53.